The SMILES string of the molecule is CCNC(CCCOCCOC)C(C)(C)C. The van der Waals surface area contributed by atoms with Crippen molar-refractivity contribution in [1.29, 1.82) is 0 Å². The van der Waals surface area contributed by atoms with E-state index in [1.54, 1.807) is 7.11 Å². The van der Waals surface area contributed by atoms with Gasteiger partial charge in [-0.2, -0.15) is 0 Å². The fraction of sp³-hybridized carbons (Fsp3) is 1.00. The van der Waals surface area contributed by atoms with Gasteiger partial charge in [0.15, 0.2) is 0 Å². The first kappa shape index (κ1) is 15.9. The third-order valence-corrected chi connectivity index (χ3v) is 2.71. The topological polar surface area (TPSA) is 30.5 Å². The Morgan fingerprint density at radius 3 is 2.31 bits per heavy atom. The van der Waals surface area contributed by atoms with Crippen molar-refractivity contribution in [3.63, 3.8) is 0 Å². The third-order valence-electron chi connectivity index (χ3n) is 2.71. The molecule has 0 saturated heterocycles. The molecule has 3 heteroatoms. The lowest BCUT2D eigenvalue weighted by molar-refractivity contribution is 0.0659. The van der Waals surface area contributed by atoms with Crippen molar-refractivity contribution in [2.24, 2.45) is 5.41 Å². The zero-order chi connectivity index (χ0) is 12.4. The summed E-state index contributed by atoms with van der Waals surface area (Å²) in [5, 5.41) is 3.54. The van der Waals surface area contributed by atoms with Crippen LogP contribution in [0.15, 0.2) is 0 Å². The number of hydrogen-bond donors (Lipinski definition) is 1. The molecule has 0 spiro atoms. The Balaban J connectivity index is 3.61. The van der Waals surface area contributed by atoms with Gasteiger partial charge >= 0.3 is 0 Å². The van der Waals surface area contributed by atoms with Crippen molar-refractivity contribution in [3.8, 4) is 0 Å². The monoisotopic (exact) mass is 231 g/mol. The zero-order valence-electron chi connectivity index (χ0n) is 11.6. The van der Waals surface area contributed by atoms with Gasteiger partial charge in [-0.25, -0.2) is 0 Å². The van der Waals surface area contributed by atoms with Crippen molar-refractivity contribution in [2.45, 2.75) is 46.6 Å². The quantitative estimate of drug-likeness (QED) is 0.618. The first-order chi connectivity index (χ1) is 7.52. The molecule has 1 unspecified atom stereocenters. The van der Waals surface area contributed by atoms with E-state index in [0.717, 1.165) is 19.6 Å². The van der Waals surface area contributed by atoms with Crippen LogP contribution in [0, 0.1) is 5.41 Å². The highest BCUT2D eigenvalue weighted by molar-refractivity contribution is 4.79. The summed E-state index contributed by atoms with van der Waals surface area (Å²) < 4.78 is 10.4. The molecule has 0 saturated carbocycles. The lowest BCUT2D eigenvalue weighted by atomic mass is 9.84. The van der Waals surface area contributed by atoms with Gasteiger partial charge in [0, 0.05) is 19.8 Å². The number of ether oxygens (including phenoxy) is 2. The molecule has 0 aromatic carbocycles. The molecule has 0 heterocycles. The summed E-state index contributed by atoms with van der Waals surface area (Å²) in [7, 11) is 1.70. The largest absolute Gasteiger partial charge is 0.382 e. The van der Waals surface area contributed by atoms with Crippen LogP contribution >= 0.6 is 0 Å². The van der Waals surface area contributed by atoms with Gasteiger partial charge in [0.05, 0.1) is 13.2 Å². The van der Waals surface area contributed by atoms with Crippen molar-refractivity contribution in [2.75, 3.05) is 33.5 Å². The molecule has 0 rings (SSSR count). The van der Waals surface area contributed by atoms with E-state index in [9.17, 15) is 0 Å². The fourth-order valence-corrected chi connectivity index (χ4v) is 1.72. The van der Waals surface area contributed by atoms with Crippen LogP contribution in [-0.4, -0.2) is 39.5 Å². The molecule has 0 aromatic heterocycles. The molecular formula is C13H29NO2. The maximum Gasteiger partial charge on any atom is 0.0700 e. The summed E-state index contributed by atoms with van der Waals surface area (Å²) in [6.07, 6.45) is 2.28. The van der Waals surface area contributed by atoms with Crippen molar-refractivity contribution in [3.05, 3.63) is 0 Å². The number of rotatable bonds is 9. The van der Waals surface area contributed by atoms with E-state index in [0.29, 0.717) is 24.7 Å². The molecule has 3 nitrogen and oxygen atoms in total. The van der Waals surface area contributed by atoms with Gasteiger partial charge < -0.3 is 14.8 Å². The zero-order valence-corrected chi connectivity index (χ0v) is 11.6. The normalized spacial score (nSPS) is 14.1. The van der Waals surface area contributed by atoms with Crippen LogP contribution < -0.4 is 5.32 Å². The molecule has 98 valence electrons. The van der Waals surface area contributed by atoms with Gasteiger partial charge in [0.1, 0.15) is 0 Å². The molecule has 0 aromatic rings. The molecule has 0 aliphatic carbocycles. The molecular weight excluding hydrogens is 202 g/mol. The van der Waals surface area contributed by atoms with Gasteiger partial charge in [-0.05, 0) is 24.8 Å². The Hall–Kier alpha value is -0.120. The average Bonchev–Trinajstić information content (AvgIpc) is 2.20. The minimum Gasteiger partial charge on any atom is -0.382 e. The first-order valence-electron chi connectivity index (χ1n) is 6.32. The highest BCUT2D eigenvalue weighted by atomic mass is 16.5. The first-order valence-corrected chi connectivity index (χ1v) is 6.32. The van der Waals surface area contributed by atoms with Crippen LogP contribution in [-0.2, 0) is 9.47 Å². The smallest absolute Gasteiger partial charge is 0.0700 e. The Kier molecular flexibility index (Phi) is 8.90. The molecule has 0 fully saturated rings. The van der Waals surface area contributed by atoms with E-state index < -0.39 is 0 Å². The third kappa shape index (κ3) is 8.08. The molecule has 0 aliphatic heterocycles. The predicted molar refractivity (Wildman–Crippen MR) is 68.8 cm³/mol. The van der Waals surface area contributed by atoms with Gasteiger partial charge in [0.2, 0.25) is 0 Å². The molecule has 0 amide bonds. The average molecular weight is 231 g/mol. The second-order valence-corrected chi connectivity index (χ2v) is 5.22. The lowest BCUT2D eigenvalue weighted by Gasteiger charge is -2.31. The van der Waals surface area contributed by atoms with E-state index >= 15 is 0 Å². The van der Waals surface area contributed by atoms with Crippen molar-refractivity contribution in [1.82, 2.24) is 5.32 Å². The van der Waals surface area contributed by atoms with Crippen LogP contribution in [0.25, 0.3) is 0 Å². The van der Waals surface area contributed by atoms with Gasteiger partial charge in [0.25, 0.3) is 0 Å². The Bertz CT molecular complexity index is 155. The second-order valence-electron chi connectivity index (χ2n) is 5.22. The summed E-state index contributed by atoms with van der Waals surface area (Å²) in [4.78, 5) is 0. The lowest BCUT2D eigenvalue weighted by Crippen LogP contribution is -2.40. The summed E-state index contributed by atoms with van der Waals surface area (Å²) in [6.45, 7) is 12.3. The van der Waals surface area contributed by atoms with Gasteiger partial charge in [-0.3, -0.25) is 0 Å². The minimum absolute atomic E-state index is 0.322. The van der Waals surface area contributed by atoms with E-state index in [1.165, 1.54) is 6.42 Å². The molecule has 1 atom stereocenters. The number of hydrogen-bond acceptors (Lipinski definition) is 3. The molecule has 0 radical (unpaired) electrons. The Morgan fingerprint density at radius 2 is 1.81 bits per heavy atom. The van der Waals surface area contributed by atoms with Gasteiger partial charge in [-0.1, -0.05) is 27.7 Å². The Labute approximate surface area is 101 Å². The number of nitrogens with one attached hydrogen (secondary N) is 1. The Morgan fingerprint density at radius 1 is 1.12 bits per heavy atom. The van der Waals surface area contributed by atoms with Crippen LogP contribution in [0.4, 0.5) is 0 Å². The van der Waals surface area contributed by atoms with Crippen molar-refractivity contribution >= 4 is 0 Å². The van der Waals surface area contributed by atoms with E-state index in [-0.39, 0.29) is 0 Å². The molecule has 16 heavy (non-hydrogen) atoms. The van der Waals surface area contributed by atoms with E-state index in [4.69, 9.17) is 9.47 Å². The van der Waals surface area contributed by atoms with Crippen LogP contribution in [0.1, 0.15) is 40.5 Å². The predicted octanol–water partition coefficient (Wildman–Crippen LogP) is 2.45. The summed E-state index contributed by atoms with van der Waals surface area (Å²) >= 11 is 0. The van der Waals surface area contributed by atoms with Crippen LogP contribution in [0.5, 0.6) is 0 Å². The second kappa shape index (κ2) is 8.97. The van der Waals surface area contributed by atoms with E-state index in [2.05, 4.69) is 33.0 Å². The molecule has 0 bridgehead atoms. The van der Waals surface area contributed by atoms with Crippen molar-refractivity contribution < 1.29 is 9.47 Å². The fourth-order valence-electron chi connectivity index (χ4n) is 1.72. The summed E-state index contributed by atoms with van der Waals surface area (Å²) in [6, 6.07) is 0.573. The van der Waals surface area contributed by atoms with Gasteiger partial charge in [-0.15, -0.1) is 0 Å². The van der Waals surface area contributed by atoms with Crippen LogP contribution in [0.3, 0.4) is 0 Å². The standard InChI is InChI=1S/C13H29NO2/c1-6-14-12(13(2,3)4)8-7-9-16-11-10-15-5/h12,14H,6-11H2,1-5H3. The highest BCUT2D eigenvalue weighted by Gasteiger charge is 2.22. The van der Waals surface area contributed by atoms with Crippen LogP contribution in [0.2, 0.25) is 0 Å². The van der Waals surface area contributed by atoms with E-state index in [1.807, 2.05) is 0 Å². The number of methoxy groups -OCH3 is 1. The molecule has 0 aliphatic rings. The highest BCUT2D eigenvalue weighted by Crippen LogP contribution is 2.22. The maximum atomic E-state index is 5.46. The molecule has 1 N–H and O–H groups in total. The summed E-state index contributed by atoms with van der Waals surface area (Å²) in [5.74, 6) is 0. The maximum absolute atomic E-state index is 5.46. The summed E-state index contributed by atoms with van der Waals surface area (Å²) in [5.41, 5.74) is 0.322. The minimum atomic E-state index is 0.322.